The first-order chi connectivity index (χ1) is 17.8. The standard InChI is InChI=1S/C24H21Cl3F5N5O/c1-11-20(16(26)9-17(27)21(11)29)22(38)35-23(33-14-7-12(25)6-13(28)8-14)34-19-10-18(24(30,31)32)36-37(19)15-4-2-3-5-15/h6-8,10-11,15H,2-5,9H2,1H3,(H2,33,34,35,38). The first-order valence-corrected chi connectivity index (χ1v) is 12.7. The van der Waals surface area contributed by atoms with E-state index in [2.05, 4.69) is 20.7 Å². The number of aromatic nitrogens is 2. The van der Waals surface area contributed by atoms with Crippen LogP contribution in [0.2, 0.25) is 5.02 Å². The molecule has 1 saturated carbocycles. The van der Waals surface area contributed by atoms with Crippen LogP contribution in [-0.2, 0) is 11.0 Å². The molecule has 2 aliphatic rings. The van der Waals surface area contributed by atoms with Crippen molar-refractivity contribution >= 4 is 58.2 Å². The second-order valence-corrected chi connectivity index (χ2v) is 10.3. The van der Waals surface area contributed by atoms with Crippen molar-refractivity contribution in [1.29, 1.82) is 0 Å². The van der Waals surface area contributed by atoms with Crippen LogP contribution in [0, 0.1) is 11.7 Å². The smallest absolute Gasteiger partial charge is 0.325 e. The van der Waals surface area contributed by atoms with Crippen LogP contribution in [0.1, 0.15) is 50.8 Å². The van der Waals surface area contributed by atoms with E-state index in [0.29, 0.717) is 12.8 Å². The van der Waals surface area contributed by atoms with Crippen molar-refractivity contribution in [1.82, 2.24) is 15.1 Å². The lowest BCUT2D eigenvalue weighted by Gasteiger charge is -2.22. The molecule has 204 valence electrons. The van der Waals surface area contributed by atoms with E-state index in [1.54, 1.807) is 0 Å². The number of hydrogen-bond acceptors (Lipinski definition) is 3. The average molecular weight is 597 g/mol. The number of benzene rings is 1. The van der Waals surface area contributed by atoms with Crippen LogP contribution >= 0.6 is 34.8 Å². The maximum absolute atomic E-state index is 14.5. The van der Waals surface area contributed by atoms with E-state index in [1.165, 1.54) is 17.7 Å². The molecule has 2 aromatic rings. The fraction of sp³-hybridized carbons (Fsp3) is 0.375. The predicted molar refractivity (Wildman–Crippen MR) is 136 cm³/mol. The fourth-order valence-corrected chi connectivity index (χ4v) is 5.37. The van der Waals surface area contributed by atoms with Crippen LogP contribution in [0.3, 0.4) is 0 Å². The lowest BCUT2D eigenvalue weighted by atomic mass is 9.93. The van der Waals surface area contributed by atoms with Gasteiger partial charge in [0.15, 0.2) is 11.5 Å². The minimum atomic E-state index is -4.74. The van der Waals surface area contributed by atoms with Crippen LogP contribution in [0.25, 0.3) is 0 Å². The molecule has 2 N–H and O–H groups in total. The van der Waals surface area contributed by atoms with Crippen LogP contribution < -0.4 is 10.6 Å². The van der Waals surface area contributed by atoms with E-state index in [-0.39, 0.29) is 50.6 Å². The number of nitrogens with one attached hydrogen (secondary N) is 2. The summed E-state index contributed by atoms with van der Waals surface area (Å²) in [5.41, 5.74) is -1.25. The molecule has 2 aliphatic carbocycles. The van der Waals surface area contributed by atoms with Gasteiger partial charge in [0.1, 0.15) is 11.6 Å². The second kappa shape index (κ2) is 11.2. The van der Waals surface area contributed by atoms with Crippen LogP contribution in [0.5, 0.6) is 0 Å². The van der Waals surface area contributed by atoms with Crippen molar-refractivity contribution in [2.45, 2.75) is 51.2 Å². The van der Waals surface area contributed by atoms with Gasteiger partial charge in [0.25, 0.3) is 5.91 Å². The number of aliphatic imine (C=N–C) groups is 1. The minimum absolute atomic E-state index is 0.00935. The highest BCUT2D eigenvalue weighted by atomic mass is 35.5. The van der Waals surface area contributed by atoms with Crippen LogP contribution in [0.15, 0.2) is 50.7 Å². The number of nitrogens with zero attached hydrogens (tertiary/aromatic N) is 3. The highest BCUT2D eigenvalue weighted by molar-refractivity contribution is 6.36. The van der Waals surface area contributed by atoms with E-state index < -0.39 is 35.3 Å². The summed E-state index contributed by atoms with van der Waals surface area (Å²) in [5, 5.41) is 8.68. The Hall–Kier alpha value is -2.63. The number of alkyl halides is 3. The molecular formula is C24H21Cl3F5N5O. The van der Waals surface area contributed by atoms with Gasteiger partial charge in [-0.25, -0.2) is 13.5 Å². The number of allylic oxidation sites excluding steroid dienone is 3. The summed E-state index contributed by atoms with van der Waals surface area (Å²) >= 11 is 18.0. The Morgan fingerprint density at radius 1 is 1.08 bits per heavy atom. The zero-order valence-corrected chi connectivity index (χ0v) is 22.0. The van der Waals surface area contributed by atoms with E-state index in [4.69, 9.17) is 34.8 Å². The van der Waals surface area contributed by atoms with Crippen LogP contribution in [-0.4, -0.2) is 21.6 Å². The maximum atomic E-state index is 14.5. The van der Waals surface area contributed by atoms with E-state index in [9.17, 15) is 26.7 Å². The summed E-state index contributed by atoms with van der Waals surface area (Å²) in [4.78, 5) is 17.4. The lowest BCUT2D eigenvalue weighted by molar-refractivity contribution is -0.141. The van der Waals surface area contributed by atoms with Gasteiger partial charge in [-0.05, 0) is 31.0 Å². The van der Waals surface area contributed by atoms with Crippen LogP contribution in [0.4, 0.5) is 33.5 Å². The van der Waals surface area contributed by atoms with Gasteiger partial charge in [-0.2, -0.15) is 23.3 Å². The Morgan fingerprint density at radius 3 is 2.39 bits per heavy atom. The molecule has 1 aromatic heterocycles. The molecule has 6 nitrogen and oxygen atoms in total. The molecule has 14 heteroatoms. The third kappa shape index (κ3) is 6.32. The minimum Gasteiger partial charge on any atom is -0.325 e. The molecule has 1 unspecified atom stereocenters. The Balaban J connectivity index is 1.76. The molecule has 1 atom stereocenters. The molecule has 0 bridgehead atoms. The van der Waals surface area contributed by atoms with Gasteiger partial charge >= 0.3 is 6.18 Å². The number of halogens is 8. The van der Waals surface area contributed by atoms with Crippen molar-refractivity contribution < 1.29 is 26.7 Å². The molecular weight excluding hydrogens is 576 g/mol. The highest BCUT2D eigenvalue weighted by Gasteiger charge is 2.37. The van der Waals surface area contributed by atoms with Crippen molar-refractivity contribution in [3.63, 3.8) is 0 Å². The van der Waals surface area contributed by atoms with Crippen molar-refractivity contribution in [2.75, 3.05) is 5.32 Å². The third-order valence-corrected chi connectivity index (χ3v) is 7.05. The number of carbonyl (C=O) groups is 1. The zero-order chi connectivity index (χ0) is 27.8. The summed E-state index contributed by atoms with van der Waals surface area (Å²) < 4.78 is 70.1. The largest absolute Gasteiger partial charge is 0.435 e. The van der Waals surface area contributed by atoms with Gasteiger partial charge in [0.05, 0.1) is 11.1 Å². The molecule has 1 amide bonds. The summed E-state index contributed by atoms with van der Waals surface area (Å²) in [7, 11) is 0. The Labute approximate surface area is 229 Å². The number of hydrogen-bond donors (Lipinski definition) is 2. The fourth-order valence-electron chi connectivity index (χ4n) is 4.40. The third-order valence-electron chi connectivity index (χ3n) is 6.18. The van der Waals surface area contributed by atoms with E-state index in [0.717, 1.165) is 31.0 Å². The second-order valence-electron chi connectivity index (χ2n) is 8.94. The first-order valence-electron chi connectivity index (χ1n) is 11.6. The average Bonchev–Trinajstić information content (AvgIpc) is 3.46. The van der Waals surface area contributed by atoms with Gasteiger partial charge in [-0.15, -0.1) is 0 Å². The Kier molecular flexibility index (Phi) is 8.39. The summed E-state index contributed by atoms with van der Waals surface area (Å²) in [6.07, 6.45) is -2.12. The number of rotatable bonds is 4. The summed E-state index contributed by atoms with van der Waals surface area (Å²) in [6, 6.07) is 3.82. The van der Waals surface area contributed by atoms with E-state index >= 15 is 0 Å². The molecule has 0 saturated heterocycles. The molecule has 0 aliphatic heterocycles. The molecule has 4 rings (SSSR count). The van der Waals surface area contributed by atoms with Gasteiger partial charge in [0.2, 0.25) is 5.96 Å². The van der Waals surface area contributed by atoms with Crippen molar-refractivity contribution in [2.24, 2.45) is 10.9 Å². The molecule has 0 radical (unpaired) electrons. The van der Waals surface area contributed by atoms with Gasteiger partial charge in [0, 0.05) is 39.7 Å². The summed E-state index contributed by atoms with van der Waals surface area (Å²) in [5.74, 6) is -3.99. The first kappa shape index (κ1) is 28.4. The quantitative estimate of drug-likeness (QED) is 0.214. The van der Waals surface area contributed by atoms with Crippen molar-refractivity contribution in [3.05, 3.63) is 62.3 Å². The number of guanidine groups is 1. The van der Waals surface area contributed by atoms with E-state index in [1.807, 2.05) is 0 Å². The number of carbonyl (C=O) groups excluding carboxylic acids is 1. The van der Waals surface area contributed by atoms with Gasteiger partial charge in [-0.1, -0.05) is 54.6 Å². The predicted octanol–water partition coefficient (Wildman–Crippen LogP) is 7.98. The Morgan fingerprint density at radius 2 is 1.76 bits per heavy atom. The van der Waals surface area contributed by atoms with Gasteiger partial charge in [-0.3, -0.25) is 10.1 Å². The maximum Gasteiger partial charge on any atom is 0.435 e. The lowest BCUT2D eigenvalue weighted by Crippen LogP contribution is -2.38. The zero-order valence-electron chi connectivity index (χ0n) is 19.8. The number of amides is 1. The topological polar surface area (TPSA) is 71.3 Å². The number of anilines is 1. The van der Waals surface area contributed by atoms with Gasteiger partial charge < -0.3 is 5.32 Å². The molecule has 1 heterocycles. The highest BCUT2D eigenvalue weighted by Crippen LogP contribution is 2.39. The monoisotopic (exact) mass is 595 g/mol. The molecule has 1 aromatic carbocycles. The molecule has 0 spiro atoms. The SMILES string of the molecule is CC1C(F)=C(Cl)CC(Cl)=C1C(=O)NC(=Nc1cc(C(F)(F)F)nn1C1CCCC1)Nc1cc(F)cc(Cl)c1. The Bertz CT molecular complexity index is 1330. The normalized spacial score (nSPS) is 19.4. The molecule has 38 heavy (non-hydrogen) atoms. The van der Waals surface area contributed by atoms with Crippen molar-refractivity contribution in [3.8, 4) is 0 Å². The summed E-state index contributed by atoms with van der Waals surface area (Å²) in [6.45, 7) is 1.38. The molecule has 1 fully saturated rings.